The van der Waals surface area contributed by atoms with Crippen molar-refractivity contribution >= 4 is 17.3 Å². The topological polar surface area (TPSA) is 49.0 Å². The zero-order valence-corrected chi connectivity index (χ0v) is 15.9. The fourth-order valence-electron chi connectivity index (χ4n) is 4.30. The van der Waals surface area contributed by atoms with Gasteiger partial charge in [0.05, 0.1) is 11.0 Å². The molecule has 0 radical (unpaired) electrons. The smallest absolute Gasteiger partial charge is 0.120 e. The molecule has 1 unspecified atom stereocenters. The Labute approximate surface area is 160 Å². The summed E-state index contributed by atoms with van der Waals surface area (Å²) in [6.07, 6.45) is 3.82. The highest BCUT2D eigenvalue weighted by Crippen LogP contribution is 2.34. The highest BCUT2D eigenvalue weighted by Gasteiger charge is 2.29. The van der Waals surface area contributed by atoms with E-state index in [4.69, 9.17) is 4.98 Å². The third kappa shape index (κ3) is 4.11. The molecule has 4 heteroatoms. The van der Waals surface area contributed by atoms with Crippen molar-refractivity contribution in [1.82, 2.24) is 14.9 Å². The van der Waals surface area contributed by atoms with E-state index in [1.54, 1.807) is 0 Å². The van der Waals surface area contributed by atoms with Crippen LogP contribution >= 0.6 is 0 Å². The van der Waals surface area contributed by atoms with Gasteiger partial charge in [-0.3, -0.25) is 4.90 Å². The van der Waals surface area contributed by atoms with Gasteiger partial charge in [-0.1, -0.05) is 36.4 Å². The second-order valence-corrected chi connectivity index (χ2v) is 7.75. The molecule has 2 heterocycles. The standard InChI is InChI=1S/C23H27N3O/c1-17-7-8-21-22(15-17)25-23(24-21)20(11-14-27)19-9-12-26(13-10-19)16-18-5-3-2-4-6-18/h2-8,14-15,19-20H,9-13,16H2,1H3,(H,24,25). The number of aromatic nitrogens is 2. The van der Waals surface area contributed by atoms with Crippen molar-refractivity contribution in [2.24, 2.45) is 5.92 Å². The fraction of sp³-hybridized carbons (Fsp3) is 0.391. The Bertz CT molecular complexity index is 894. The number of piperidine rings is 1. The lowest BCUT2D eigenvalue weighted by Gasteiger charge is -2.35. The molecule has 3 aromatic rings. The number of carbonyl (C=O) groups is 1. The van der Waals surface area contributed by atoms with Gasteiger partial charge in [0.15, 0.2) is 0 Å². The van der Waals surface area contributed by atoms with Gasteiger partial charge in [-0.05, 0) is 62.0 Å². The van der Waals surface area contributed by atoms with E-state index in [9.17, 15) is 4.79 Å². The summed E-state index contributed by atoms with van der Waals surface area (Å²) >= 11 is 0. The minimum Gasteiger partial charge on any atom is -0.342 e. The summed E-state index contributed by atoms with van der Waals surface area (Å²) in [6, 6.07) is 16.9. The molecule has 1 aliphatic heterocycles. The molecule has 0 saturated carbocycles. The predicted octanol–water partition coefficient (Wildman–Crippen LogP) is 4.46. The Hall–Kier alpha value is -2.46. The van der Waals surface area contributed by atoms with Crippen LogP contribution in [0.3, 0.4) is 0 Å². The number of H-pyrrole nitrogens is 1. The van der Waals surface area contributed by atoms with Crippen molar-refractivity contribution in [2.45, 2.75) is 38.6 Å². The summed E-state index contributed by atoms with van der Waals surface area (Å²) < 4.78 is 0. The molecular weight excluding hydrogens is 334 g/mol. The van der Waals surface area contributed by atoms with Gasteiger partial charge in [0.25, 0.3) is 0 Å². The largest absolute Gasteiger partial charge is 0.342 e. The van der Waals surface area contributed by atoms with Crippen molar-refractivity contribution in [3.05, 3.63) is 65.5 Å². The maximum Gasteiger partial charge on any atom is 0.120 e. The zero-order chi connectivity index (χ0) is 18.6. The number of nitrogens with one attached hydrogen (secondary N) is 1. The van der Waals surface area contributed by atoms with Crippen LogP contribution in [0.5, 0.6) is 0 Å². The summed E-state index contributed by atoms with van der Waals surface area (Å²) in [5.41, 5.74) is 4.65. The van der Waals surface area contributed by atoms with Crippen molar-refractivity contribution in [3.8, 4) is 0 Å². The maximum atomic E-state index is 11.4. The Balaban J connectivity index is 1.45. The number of hydrogen-bond donors (Lipinski definition) is 1. The molecule has 1 saturated heterocycles. The van der Waals surface area contributed by atoms with Crippen molar-refractivity contribution in [2.75, 3.05) is 13.1 Å². The van der Waals surface area contributed by atoms with Crippen LogP contribution in [0.2, 0.25) is 0 Å². The van der Waals surface area contributed by atoms with Crippen molar-refractivity contribution < 1.29 is 4.79 Å². The van der Waals surface area contributed by atoms with E-state index in [0.717, 1.165) is 55.6 Å². The minimum atomic E-state index is 0.189. The molecule has 140 valence electrons. The van der Waals surface area contributed by atoms with Crippen LogP contribution in [0.4, 0.5) is 0 Å². The Morgan fingerprint density at radius 2 is 1.96 bits per heavy atom. The van der Waals surface area contributed by atoms with Gasteiger partial charge < -0.3 is 9.78 Å². The number of rotatable bonds is 6. The highest BCUT2D eigenvalue weighted by molar-refractivity contribution is 5.76. The van der Waals surface area contributed by atoms with Gasteiger partial charge in [-0.25, -0.2) is 4.98 Å². The zero-order valence-electron chi connectivity index (χ0n) is 15.9. The first-order valence-electron chi connectivity index (χ1n) is 9.89. The Kier molecular flexibility index (Phi) is 5.35. The van der Waals surface area contributed by atoms with Gasteiger partial charge in [-0.2, -0.15) is 0 Å². The van der Waals surface area contributed by atoms with Crippen LogP contribution < -0.4 is 0 Å². The number of aryl methyl sites for hydroxylation is 1. The van der Waals surface area contributed by atoms with Gasteiger partial charge >= 0.3 is 0 Å². The summed E-state index contributed by atoms with van der Waals surface area (Å²) in [5, 5.41) is 0. The number of nitrogens with zero attached hydrogens (tertiary/aromatic N) is 2. The van der Waals surface area contributed by atoms with Crippen molar-refractivity contribution in [3.63, 3.8) is 0 Å². The number of likely N-dealkylation sites (tertiary alicyclic amines) is 1. The molecule has 0 aliphatic carbocycles. The SMILES string of the molecule is Cc1ccc2nc(C(CC=O)C3CCN(Cc4ccccc4)CC3)[nH]c2c1. The van der Waals surface area contributed by atoms with Crippen LogP contribution in [-0.2, 0) is 11.3 Å². The third-order valence-electron chi connectivity index (χ3n) is 5.81. The fourth-order valence-corrected chi connectivity index (χ4v) is 4.30. The first-order valence-corrected chi connectivity index (χ1v) is 9.89. The molecule has 4 rings (SSSR count). The predicted molar refractivity (Wildman–Crippen MR) is 109 cm³/mol. The lowest BCUT2D eigenvalue weighted by Crippen LogP contribution is -2.35. The summed E-state index contributed by atoms with van der Waals surface area (Å²) in [6.45, 7) is 5.25. The lowest BCUT2D eigenvalue weighted by molar-refractivity contribution is -0.108. The molecule has 0 spiro atoms. The first-order chi connectivity index (χ1) is 13.2. The van der Waals surface area contributed by atoms with Gasteiger partial charge in [-0.15, -0.1) is 0 Å². The van der Waals surface area contributed by atoms with E-state index in [2.05, 4.69) is 65.3 Å². The van der Waals surface area contributed by atoms with E-state index < -0.39 is 0 Å². The van der Waals surface area contributed by atoms with E-state index >= 15 is 0 Å². The molecule has 0 amide bonds. The second-order valence-electron chi connectivity index (χ2n) is 7.75. The van der Waals surface area contributed by atoms with E-state index in [0.29, 0.717) is 12.3 Å². The molecule has 4 nitrogen and oxygen atoms in total. The molecular formula is C23H27N3O. The van der Waals surface area contributed by atoms with Crippen LogP contribution in [0.1, 0.15) is 42.1 Å². The van der Waals surface area contributed by atoms with E-state index in [-0.39, 0.29) is 5.92 Å². The van der Waals surface area contributed by atoms with Crippen LogP contribution in [0.25, 0.3) is 11.0 Å². The minimum absolute atomic E-state index is 0.189. The molecule has 2 aromatic carbocycles. The Morgan fingerprint density at radius 1 is 1.19 bits per heavy atom. The number of fused-ring (bicyclic) bond motifs is 1. The number of hydrogen-bond acceptors (Lipinski definition) is 3. The van der Waals surface area contributed by atoms with Crippen LogP contribution in [-0.4, -0.2) is 34.2 Å². The third-order valence-corrected chi connectivity index (χ3v) is 5.81. The number of carbonyl (C=O) groups excluding carboxylic acids is 1. The number of benzene rings is 2. The number of imidazole rings is 1. The van der Waals surface area contributed by atoms with Gasteiger partial charge in [0.2, 0.25) is 0 Å². The quantitative estimate of drug-likeness (QED) is 0.660. The summed E-state index contributed by atoms with van der Waals surface area (Å²) in [4.78, 5) is 22.2. The van der Waals surface area contributed by atoms with E-state index in [1.165, 1.54) is 11.1 Å². The van der Waals surface area contributed by atoms with E-state index in [1.807, 2.05) is 0 Å². The number of aromatic amines is 1. The monoisotopic (exact) mass is 361 g/mol. The average molecular weight is 361 g/mol. The summed E-state index contributed by atoms with van der Waals surface area (Å²) in [7, 11) is 0. The van der Waals surface area contributed by atoms with Gasteiger partial charge in [0.1, 0.15) is 12.1 Å². The molecule has 1 N–H and O–H groups in total. The molecule has 1 aliphatic rings. The molecule has 1 fully saturated rings. The lowest BCUT2D eigenvalue weighted by atomic mass is 9.82. The van der Waals surface area contributed by atoms with Gasteiger partial charge in [0, 0.05) is 18.9 Å². The normalized spacial score (nSPS) is 17.2. The van der Waals surface area contributed by atoms with Crippen LogP contribution in [0, 0.1) is 12.8 Å². The summed E-state index contributed by atoms with van der Waals surface area (Å²) in [5.74, 6) is 1.67. The Morgan fingerprint density at radius 3 is 2.70 bits per heavy atom. The highest BCUT2D eigenvalue weighted by atomic mass is 16.1. The van der Waals surface area contributed by atoms with Crippen LogP contribution in [0.15, 0.2) is 48.5 Å². The average Bonchev–Trinajstić information content (AvgIpc) is 3.10. The second kappa shape index (κ2) is 8.05. The molecule has 27 heavy (non-hydrogen) atoms. The molecule has 1 atom stereocenters. The maximum absolute atomic E-state index is 11.4. The molecule has 1 aromatic heterocycles. The first kappa shape index (κ1) is 17.9. The molecule has 0 bridgehead atoms. The van der Waals surface area contributed by atoms with Crippen molar-refractivity contribution in [1.29, 1.82) is 0 Å². The number of aldehydes is 1.